The minimum absolute atomic E-state index is 0.716. The molecule has 0 spiro atoms. The van der Waals surface area contributed by atoms with Crippen LogP contribution in [-0.2, 0) is 6.54 Å². The van der Waals surface area contributed by atoms with Crippen molar-refractivity contribution >= 4 is 11.5 Å². The fraction of sp³-hybridized carbons (Fsp3) is 0.353. The average molecular weight is 283 g/mol. The third-order valence-electron chi connectivity index (χ3n) is 3.77. The first-order valence-corrected chi connectivity index (χ1v) is 7.33. The normalized spacial score (nSPS) is 14.0. The molecule has 0 saturated heterocycles. The van der Waals surface area contributed by atoms with E-state index in [-0.39, 0.29) is 0 Å². The van der Waals surface area contributed by atoms with Crippen molar-refractivity contribution in [3.63, 3.8) is 0 Å². The third-order valence-corrected chi connectivity index (χ3v) is 3.77. The highest BCUT2D eigenvalue weighted by Crippen LogP contribution is 2.31. The molecule has 1 fully saturated rings. The van der Waals surface area contributed by atoms with Crippen LogP contribution < -0.4 is 15.0 Å². The highest BCUT2D eigenvalue weighted by atomic mass is 16.5. The van der Waals surface area contributed by atoms with Gasteiger partial charge in [0.15, 0.2) is 0 Å². The summed E-state index contributed by atoms with van der Waals surface area (Å²) in [6.07, 6.45) is 4.48. The standard InChI is InChI=1S/C17H21N3O/c1-20(15-5-3-4-6-16(15)21-2)17-11-13(9-10-18-17)12-19-14-7-8-14/h3-6,9-11,14,19H,7-8,12H2,1-2H3. The van der Waals surface area contributed by atoms with Gasteiger partial charge in [-0.15, -0.1) is 0 Å². The van der Waals surface area contributed by atoms with Crippen LogP contribution >= 0.6 is 0 Å². The lowest BCUT2D eigenvalue weighted by atomic mass is 10.2. The Morgan fingerprint density at radius 1 is 1.29 bits per heavy atom. The summed E-state index contributed by atoms with van der Waals surface area (Å²) < 4.78 is 5.42. The van der Waals surface area contributed by atoms with E-state index in [4.69, 9.17) is 4.74 Å². The second-order valence-corrected chi connectivity index (χ2v) is 5.41. The van der Waals surface area contributed by atoms with Crippen LogP contribution in [0.1, 0.15) is 18.4 Å². The van der Waals surface area contributed by atoms with E-state index in [1.807, 2.05) is 37.5 Å². The summed E-state index contributed by atoms with van der Waals surface area (Å²) >= 11 is 0. The van der Waals surface area contributed by atoms with E-state index in [9.17, 15) is 0 Å². The van der Waals surface area contributed by atoms with E-state index in [0.717, 1.165) is 23.8 Å². The van der Waals surface area contributed by atoms with Crippen molar-refractivity contribution in [2.24, 2.45) is 0 Å². The maximum Gasteiger partial charge on any atom is 0.142 e. The molecular weight excluding hydrogens is 262 g/mol. The minimum Gasteiger partial charge on any atom is -0.495 e. The van der Waals surface area contributed by atoms with Crippen LogP contribution in [0.25, 0.3) is 0 Å². The van der Waals surface area contributed by atoms with Crippen LogP contribution in [0.2, 0.25) is 0 Å². The van der Waals surface area contributed by atoms with Crippen LogP contribution in [0, 0.1) is 0 Å². The van der Waals surface area contributed by atoms with E-state index in [1.165, 1.54) is 18.4 Å². The largest absolute Gasteiger partial charge is 0.495 e. The molecule has 0 amide bonds. The molecule has 1 aromatic heterocycles. The van der Waals surface area contributed by atoms with Gasteiger partial charge in [0, 0.05) is 25.8 Å². The third kappa shape index (κ3) is 3.34. The van der Waals surface area contributed by atoms with E-state index < -0.39 is 0 Å². The van der Waals surface area contributed by atoms with Crippen LogP contribution in [0.5, 0.6) is 5.75 Å². The fourth-order valence-corrected chi connectivity index (χ4v) is 2.33. The molecule has 110 valence electrons. The van der Waals surface area contributed by atoms with E-state index in [2.05, 4.69) is 27.3 Å². The van der Waals surface area contributed by atoms with Crippen molar-refractivity contribution in [2.45, 2.75) is 25.4 Å². The lowest BCUT2D eigenvalue weighted by molar-refractivity contribution is 0.415. The summed E-state index contributed by atoms with van der Waals surface area (Å²) in [5, 5.41) is 3.53. The SMILES string of the molecule is COc1ccccc1N(C)c1cc(CNC2CC2)ccn1. The maximum atomic E-state index is 5.42. The van der Waals surface area contributed by atoms with Crippen LogP contribution in [0.4, 0.5) is 11.5 Å². The second-order valence-electron chi connectivity index (χ2n) is 5.41. The fourth-order valence-electron chi connectivity index (χ4n) is 2.33. The Bertz CT molecular complexity index is 610. The number of hydrogen-bond acceptors (Lipinski definition) is 4. The zero-order chi connectivity index (χ0) is 14.7. The predicted octanol–water partition coefficient (Wildman–Crippen LogP) is 3.11. The van der Waals surface area contributed by atoms with E-state index >= 15 is 0 Å². The van der Waals surface area contributed by atoms with Gasteiger partial charge in [-0.05, 0) is 42.7 Å². The van der Waals surface area contributed by atoms with Gasteiger partial charge in [-0.25, -0.2) is 4.98 Å². The Morgan fingerprint density at radius 3 is 2.86 bits per heavy atom. The zero-order valence-corrected chi connectivity index (χ0v) is 12.5. The lowest BCUT2D eigenvalue weighted by Gasteiger charge is -2.21. The Hall–Kier alpha value is -2.07. The molecule has 1 N–H and O–H groups in total. The number of nitrogens with zero attached hydrogens (tertiary/aromatic N) is 2. The second kappa shape index (κ2) is 6.14. The molecule has 0 atom stereocenters. The van der Waals surface area contributed by atoms with Gasteiger partial charge in [0.2, 0.25) is 0 Å². The number of aromatic nitrogens is 1. The van der Waals surface area contributed by atoms with Crippen LogP contribution in [0.15, 0.2) is 42.6 Å². The Morgan fingerprint density at radius 2 is 2.10 bits per heavy atom. The molecule has 0 bridgehead atoms. The van der Waals surface area contributed by atoms with Gasteiger partial charge in [-0.2, -0.15) is 0 Å². The van der Waals surface area contributed by atoms with Crippen molar-refractivity contribution in [3.05, 3.63) is 48.2 Å². The van der Waals surface area contributed by atoms with Crippen LogP contribution in [-0.4, -0.2) is 25.2 Å². The summed E-state index contributed by atoms with van der Waals surface area (Å²) in [7, 11) is 3.70. The van der Waals surface area contributed by atoms with Gasteiger partial charge in [0.05, 0.1) is 12.8 Å². The summed E-state index contributed by atoms with van der Waals surface area (Å²) in [6.45, 7) is 0.903. The highest BCUT2D eigenvalue weighted by Gasteiger charge is 2.20. The molecule has 1 aliphatic rings. The molecule has 4 nitrogen and oxygen atoms in total. The van der Waals surface area contributed by atoms with Crippen molar-refractivity contribution in [2.75, 3.05) is 19.1 Å². The van der Waals surface area contributed by atoms with Gasteiger partial charge in [-0.3, -0.25) is 0 Å². The molecule has 4 heteroatoms. The number of methoxy groups -OCH3 is 1. The topological polar surface area (TPSA) is 37.4 Å². The molecule has 1 heterocycles. The number of rotatable bonds is 6. The molecule has 3 rings (SSSR count). The first-order valence-electron chi connectivity index (χ1n) is 7.33. The molecule has 1 aromatic carbocycles. The monoisotopic (exact) mass is 283 g/mol. The number of pyridine rings is 1. The average Bonchev–Trinajstić information content (AvgIpc) is 3.37. The smallest absolute Gasteiger partial charge is 0.142 e. The van der Waals surface area contributed by atoms with Gasteiger partial charge in [-0.1, -0.05) is 12.1 Å². The van der Waals surface area contributed by atoms with E-state index in [0.29, 0.717) is 6.04 Å². The number of para-hydroxylation sites is 2. The molecule has 0 unspecified atom stereocenters. The number of anilines is 2. The van der Waals surface area contributed by atoms with E-state index in [1.54, 1.807) is 7.11 Å². The number of benzene rings is 1. The first kappa shape index (κ1) is 13.9. The number of ether oxygens (including phenoxy) is 1. The molecule has 0 aliphatic heterocycles. The quantitative estimate of drug-likeness (QED) is 0.884. The highest BCUT2D eigenvalue weighted by molar-refractivity contribution is 5.66. The number of nitrogens with one attached hydrogen (secondary N) is 1. The van der Waals surface area contributed by atoms with Gasteiger partial charge in [0.25, 0.3) is 0 Å². The van der Waals surface area contributed by atoms with Gasteiger partial charge >= 0.3 is 0 Å². The molecule has 0 radical (unpaired) electrons. The first-order chi connectivity index (χ1) is 10.3. The molecule has 1 aliphatic carbocycles. The van der Waals surface area contributed by atoms with Crippen molar-refractivity contribution in [1.29, 1.82) is 0 Å². The maximum absolute atomic E-state index is 5.42. The summed E-state index contributed by atoms with van der Waals surface area (Å²) in [6, 6.07) is 12.9. The van der Waals surface area contributed by atoms with Crippen molar-refractivity contribution in [3.8, 4) is 5.75 Å². The lowest BCUT2D eigenvalue weighted by Crippen LogP contribution is -2.17. The predicted molar refractivity (Wildman–Crippen MR) is 85.2 cm³/mol. The summed E-state index contributed by atoms with van der Waals surface area (Å²) in [5.41, 5.74) is 2.27. The molecule has 21 heavy (non-hydrogen) atoms. The summed E-state index contributed by atoms with van der Waals surface area (Å²) in [5.74, 6) is 1.78. The zero-order valence-electron chi connectivity index (χ0n) is 12.5. The van der Waals surface area contributed by atoms with Crippen molar-refractivity contribution < 1.29 is 4.74 Å². The number of hydrogen-bond donors (Lipinski definition) is 1. The molecule has 1 saturated carbocycles. The van der Waals surface area contributed by atoms with Gasteiger partial charge < -0.3 is 15.0 Å². The Labute approximate surface area is 125 Å². The summed E-state index contributed by atoms with van der Waals surface area (Å²) in [4.78, 5) is 6.53. The Balaban J connectivity index is 1.79. The minimum atomic E-state index is 0.716. The van der Waals surface area contributed by atoms with Gasteiger partial charge in [0.1, 0.15) is 11.6 Å². The molecular formula is C17H21N3O. The van der Waals surface area contributed by atoms with Crippen molar-refractivity contribution in [1.82, 2.24) is 10.3 Å². The molecule has 2 aromatic rings. The Kier molecular flexibility index (Phi) is 4.06. The van der Waals surface area contributed by atoms with Crippen LogP contribution in [0.3, 0.4) is 0 Å².